The van der Waals surface area contributed by atoms with Gasteiger partial charge < -0.3 is 10.1 Å². The number of imide groups is 1. The number of hydrogen-bond acceptors (Lipinski definition) is 6. The second-order valence-electron chi connectivity index (χ2n) is 7.61. The van der Waals surface area contributed by atoms with Gasteiger partial charge in [-0.1, -0.05) is 12.1 Å². The number of carbonyl (C=O) groups is 3. The molecule has 0 aliphatic rings. The fraction of sp³-hybridized carbons (Fsp3) is 0.500. The molecule has 0 aliphatic heterocycles. The van der Waals surface area contributed by atoms with Gasteiger partial charge in [-0.3, -0.25) is 14.9 Å². The maximum atomic E-state index is 11.9. The lowest BCUT2D eigenvalue weighted by atomic mass is 10.1. The van der Waals surface area contributed by atoms with Crippen LogP contribution in [-0.2, 0) is 20.7 Å². The summed E-state index contributed by atoms with van der Waals surface area (Å²) in [4.78, 5) is 40.1. The number of esters is 1. The molecule has 0 saturated carbocycles. The number of ether oxygens (including phenoxy) is 1. The monoisotopic (exact) mass is 405 g/mol. The first-order chi connectivity index (χ1) is 13.1. The van der Waals surface area contributed by atoms with Crippen LogP contribution in [0.2, 0.25) is 0 Å². The average Bonchev–Trinajstić information content (AvgIpc) is 2.99. The molecule has 3 amide bonds. The van der Waals surface area contributed by atoms with Crippen molar-refractivity contribution in [2.45, 2.75) is 65.0 Å². The zero-order valence-corrected chi connectivity index (χ0v) is 17.5. The molecular formula is C20H27N3O4S. The first kappa shape index (κ1) is 21.8. The van der Waals surface area contributed by atoms with E-state index < -0.39 is 29.6 Å². The second-order valence-corrected chi connectivity index (χ2v) is 8.72. The first-order valence-electron chi connectivity index (χ1n) is 9.31. The van der Waals surface area contributed by atoms with Crippen LogP contribution < -0.4 is 10.6 Å². The summed E-state index contributed by atoms with van der Waals surface area (Å²) in [7, 11) is 0. The second kappa shape index (κ2) is 9.64. The van der Waals surface area contributed by atoms with Gasteiger partial charge in [0, 0.05) is 12.0 Å². The largest absolute Gasteiger partial charge is 0.453 e. The van der Waals surface area contributed by atoms with Gasteiger partial charge in [-0.2, -0.15) is 0 Å². The van der Waals surface area contributed by atoms with Crippen LogP contribution in [0, 0.1) is 0 Å². The normalized spacial score (nSPS) is 12.4. The molecule has 2 N–H and O–H groups in total. The van der Waals surface area contributed by atoms with Gasteiger partial charge in [0.25, 0.3) is 5.91 Å². The van der Waals surface area contributed by atoms with Crippen molar-refractivity contribution in [3.05, 3.63) is 29.3 Å². The third kappa shape index (κ3) is 7.26. The molecule has 0 unspecified atom stereocenters. The van der Waals surface area contributed by atoms with Crippen molar-refractivity contribution < 1.29 is 19.1 Å². The van der Waals surface area contributed by atoms with E-state index in [9.17, 15) is 14.4 Å². The van der Waals surface area contributed by atoms with E-state index in [1.165, 1.54) is 6.92 Å². The van der Waals surface area contributed by atoms with Crippen LogP contribution in [0.3, 0.4) is 0 Å². The first-order valence-corrected chi connectivity index (χ1v) is 10.1. The summed E-state index contributed by atoms with van der Waals surface area (Å²) in [5.41, 5.74) is 0.533. The van der Waals surface area contributed by atoms with E-state index in [1.54, 1.807) is 32.1 Å². The van der Waals surface area contributed by atoms with E-state index >= 15 is 0 Å². The minimum absolute atomic E-state index is 0.219. The zero-order chi connectivity index (χ0) is 20.7. The molecule has 1 aromatic heterocycles. The molecule has 2 rings (SSSR count). The Labute approximate surface area is 168 Å². The van der Waals surface area contributed by atoms with E-state index in [2.05, 4.69) is 15.6 Å². The summed E-state index contributed by atoms with van der Waals surface area (Å²) in [5.74, 6) is -1.10. The zero-order valence-electron chi connectivity index (χ0n) is 16.7. The van der Waals surface area contributed by atoms with Crippen molar-refractivity contribution in [1.82, 2.24) is 15.6 Å². The van der Waals surface area contributed by atoms with Crippen molar-refractivity contribution in [3.8, 4) is 0 Å². The summed E-state index contributed by atoms with van der Waals surface area (Å²) in [6.45, 7) is 6.84. The minimum atomic E-state index is -1.03. The number of aromatic nitrogens is 1. The van der Waals surface area contributed by atoms with Crippen LogP contribution >= 0.6 is 11.3 Å². The van der Waals surface area contributed by atoms with Crippen molar-refractivity contribution in [2.75, 3.05) is 0 Å². The fourth-order valence-corrected chi connectivity index (χ4v) is 3.48. The molecule has 1 atom stereocenters. The molecule has 1 heterocycles. The highest BCUT2D eigenvalue weighted by Crippen LogP contribution is 2.22. The molecule has 0 radical (unpaired) electrons. The van der Waals surface area contributed by atoms with E-state index in [-0.39, 0.29) is 6.42 Å². The number of aryl methyl sites for hydroxylation is 1. The van der Waals surface area contributed by atoms with Gasteiger partial charge >= 0.3 is 12.0 Å². The van der Waals surface area contributed by atoms with Gasteiger partial charge in [0.1, 0.15) is 0 Å². The lowest BCUT2D eigenvalue weighted by molar-refractivity contribution is -0.154. The predicted molar refractivity (Wildman–Crippen MR) is 109 cm³/mol. The van der Waals surface area contributed by atoms with Crippen molar-refractivity contribution in [2.24, 2.45) is 0 Å². The van der Waals surface area contributed by atoms with Crippen molar-refractivity contribution >= 4 is 39.5 Å². The number of unbranched alkanes of at least 4 members (excludes halogenated alkanes) is 1. The number of fused-ring (bicyclic) bond motifs is 1. The van der Waals surface area contributed by atoms with E-state index in [4.69, 9.17) is 4.74 Å². The Morgan fingerprint density at radius 1 is 1.18 bits per heavy atom. The Hall–Kier alpha value is -2.48. The number of urea groups is 1. The molecule has 28 heavy (non-hydrogen) atoms. The van der Waals surface area contributed by atoms with Crippen molar-refractivity contribution in [1.29, 1.82) is 0 Å². The summed E-state index contributed by atoms with van der Waals surface area (Å²) in [6.07, 6.45) is 1.45. The lowest BCUT2D eigenvalue weighted by Crippen LogP contribution is -2.50. The van der Waals surface area contributed by atoms with E-state index in [0.29, 0.717) is 6.42 Å². The Morgan fingerprint density at radius 3 is 2.57 bits per heavy atom. The summed E-state index contributed by atoms with van der Waals surface area (Å²) in [6, 6.07) is 7.37. The SMILES string of the molecule is C[C@H](OC(=O)CCCCc1nc2ccccc2s1)C(=O)NC(=O)NC(C)(C)C. The Morgan fingerprint density at radius 2 is 1.89 bits per heavy atom. The Bertz CT molecular complexity index is 808. The Kier molecular flexibility index (Phi) is 7.51. The topological polar surface area (TPSA) is 97.4 Å². The highest BCUT2D eigenvalue weighted by molar-refractivity contribution is 7.18. The maximum Gasteiger partial charge on any atom is 0.321 e. The smallest absolute Gasteiger partial charge is 0.321 e. The maximum absolute atomic E-state index is 11.9. The molecule has 0 spiro atoms. The van der Waals surface area contributed by atoms with Crippen molar-refractivity contribution in [3.63, 3.8) is 0 Å². The number of benzene rings is 1. The van der Waals surface area contributed by atoms with E-state index in [1.807, 2.05) is 24.3 Å². The Balaban J connectivity index is 1.67. The van der Waals surface area contributed by atoms with Gasteiger partial charge in [-0.05, 0) is 59.1 Å². The van der Waals surface area contributed by atoms with E-state index in [0.717, 1.165) is 28.1 Å². The number of nitrogens with one attached hydrogen (secondary N) is 2. The molecule has 0 aliphatic carbocycles. The van der Waals surface area contributed by atoms with Gasteiger partial charge in [-0.25, -0.2) is 9.78 Å². The molecule has 1 aromatic carbocycles. The van der Waals surface area contributed by atoms with Crippen LogP contribution in [-0.4, -0.2) is 34.5 Å². The summed E-state index contributed by atoms with van der Waals surface area (Å²) in [5, 5.41) is 5.83. The standard InChI is InChI=1S/C20H27N3O4S/c1-13(18(25)22-19(26)23-20(2,3)4)27-17(24)12-8-7-11-16-21-14-9-5-6-10-15(14)28-16/h5-6,9-10,13H,7-8,11-12H2,1-4H3,(H2,22,23,25,26)/t13-/m0/s1. The van der Waals surface area contributed by atoms with Crippen LogP contribution in [0.1, 0.15) is 52.0 Å². The third-order valence-corrected chi connectivity index (χ3v) is 4.86. The van der Waals surface area contributed by atoms with Gasteiger partial charge in [0.15, 0.2) is 6.10 Å². The number of thiazole rings is 1. The van der Waals surface area contributed by atoms with Crippen LogP contribution in [0.4, 0.5) is 4.79 Å². The molecule has 2 aromatic rings. The molecule has 152 valence electrons. The third-order valence-electron chi connectivity index (χ3n) is 3.76. The highest BCUT2D eigenvalue weighted by atomic mass is 32.1. The average molecular weight is 406 g/mol. The molecule has 7 nitrogen and oxygen atoms in total. The number of amides is 3. The molecule has 0 bridgehead atoms. The predicted octanol–water partition coefficient (Wildman–Crippen LogP) is 3.57. The van der Waals surface area contributed by atoms with Crippen LogP contribution in [0.25, 0.3) is 10.2 Å². The number of nitrogens with zero attached hydrogens (tertiary/aromatic N) is 1. The van der Waals surface area contributed by atoms with Crippen LogP contribution in [0.15, 0.2) is 24.3 Å². The number of carbonyl (C=O) groups excluding carboxylic acids is 3. The van der Waals surface area contributed by atoms with Gasteiger partial charge in [-0.15, -0.1) is 11.3 Å². The molecular weight excluding hydrogens is 378 g/mol. The summed E-state index contributed by atoms with van der Waals surface area (Å²) < 4.78 is 6.26. The van der Waals surface area contributed by atoms with Gasteiger partial charge in [0.05, 0.1) is 15.2 Å². The number of hydrogen-bond donors (Lipinski definition) is 2. The molecule has 0 saturated heterocycles. The number of rotatable bonds is 7. The minimum Gasteiger partial charge on any atom is -0.453 e. The van der Waals surface area contributed by atoms with Crippen LogP contribution in [0.5, 0.6) is 0 Å². The fourth-order valence-electron chi connectivity index (χ4n) is 2.47. The number of para-hydroxylation sites is 1. The highest BCUT2D eigenvalue weighted by Gasteiger charge is 2.21. The lowest BCUT2D eigenvalue weighted by Gasteiger charge is -2.21. The quantitative estimate of drug-likeness (QED) is 0.542. The summed E-state index contributed by atoms with van der Waals surface area (Å²) >= 11 is 1.66. The molecule has 8 heteroatoms. The van der Waals surface area contributed by atoms with Gasteiger partial charge in [0.2, 0.25) is 0 Å². The molecule has 0 fully saturated rings.